The standard InChI is InChI=1S/C44H26N4/c45-27-28-17-19-29(20-18-28)32-25-41(47-37-15-7-5-13-35(37)43-33-11-3-1-9-30(33)21-23-39(43)47)46-42(26-32)48-38-16-8-6-14-36(38)44-34-12-4-2-10-31(34)22-24-40(44)48/h1-26H. The molecule has 4 heteroatoms. The van der Waals surface area contributed by atoms with Crippen LogP contribution in [0.3, 0.4) is 0 Å². The van der Waals surface area contributed by atoms with Gasteiger partial charge in [0.1, 0.15) is 11.6 Å². The first-order valence-corrected chi connectivity index (χ1v) is 16.1. The van der Waals surface area contributed by atoms with Crippen LogP contribution in [-0.2, 0) is 0 Å². The summed E-state index contributed by atoms with van der Waals surface area (Å²) in [5.74, 6) is 1.67. The van der Waals surface area contributed by atoms with E-state index >= 15 is 0 Å². The van der Waals surface area contributed by atoms with Gasteiger partial charge in [0.15, 0.2) is 0 Å². The Labute approximate surface area is 276 Å². The van der Waals surface area contributed by atoms with Crippen molar-refractivity contribution >= 4 is 65.2 Å². The summed E-state index contributed by atoms with van der Waals surface area (Å²) in [5, 5.41) is 19.2. The van der Waals surface area contributed by atoms with E-state index < -0.39 is 0 Å². The molecule has 0 radical (unpaired) electrons. The molecule has 0 amide bonds. The summed E-state index contributed by atoms with van der Waals surface area (Å²) in [7, 11) is 0. The molecule has 0 atom stereocenters. The van der Waals surface area contributed by atoms with E-state index in [-0.39, 0.29) is 0 Å². The number of nitriles is 1. The van der Waals surface area contributed by atoms with Gasteiger partial charge in [0, 0.05) is 21.5 Å². The maximum absolute atomic E-state index is 9.52. The number of nitrogens with zero attached hydrogens (tertiary/aromatic N) is 4. The maximum atomic E-state index is 9.52. The number of pyridine rings is 1. The lowest BCUT2D eigenvalue weighted by Crippen LogP contribution is -2.04. The zero-order chi connectivity index (χ0) is 31.8. The number of hydrogen-bond acceptors (Lipinski definition) is 2. The molecule has 0 bridgehead atoms. The molecule has 0 unspecified atom stereocenters. The summed E-state index contributed by atoms with van der Waals surface area (Å²) in [6, 6.07) is 57.7. The van der Waals surface area contributed by atoms with E-state index in [1.54, 1.807) is 0 Å². The predicted octanol–water partition coefficient (Wildman–Crippen LogP) is 11.1. The van der Waals surface area contributed by atoms with Crippen molar-refractivity contribution in [3.8, 4) is 28.8 Å². The number of benzene rings is 7. The van der Waals surface area contributed by atoms with Gasteiger partial charge in [-0.2, -0.15) is 5.26 Å². The SMILES string of the molecule is N#Cc1ccc(-c2cc(-n3c4ccccc4c4c5ccccc5ccc43)nc(-n3c4ccccc4c4c5ccccc5ccc43)c2)cc1. The molecule has 0 aliphatic rings. The number of fused-ring (bicyclic) bond motifs is 10. The van der Waals surface area contributed by atoms with Crippen LogP contribution in [0.1, 0.15) is 5.56 Å². The molecular weight excluding hydrogens is 585 g/mol. The first-order valence-electron chi connectivity index (χ1n) is 16.1. The second kappa shape index (κ2) is 10.2. The molecule has 10 rings (SSSR count). The molecule has 222 valence electrons. The van der Waals surface area contributed by atoms with E-state index in [1.165, 1.54) is 43.1 Å². The van der Waals surface area contributed by atoms with Crippen molar-refractivity contribution in [1.82, 2.24) is 14.1 Å². The molecule has 0 spiro atoms. The quantitative estimate of drug-likeness (QED) is 0.200. The predicted molar refractivity (Wildman–Crippen MR) is 198 cm³/mol. The molecule has 0 saturated heterocycles. The van der Waals surface area contributed by atoms with Crippen molar-refractivity contribution in [1.29, 1.82) is 5.26 Å². The summed E-state index contributed by atoms with van der Waals surface area (Å²) < 4.78 is 4.61. The first kappa shape index (κ1) is 26.5. The van der Waals surface area contributed by atoms with Crippen LogP contribution in [0.25, 0.3) is 87.9 Å². The molecule has 48 heavy (non-hydrogen) atoms. The van der Waals surface area contributed by atoms with E-state index in [2.05, 4.69) is 149 Å². The van der Waals surface area contributed by atoms with Gasteiger partial charge in [-0.05, 0) is 81.2 Å². The van der Waals surface area contributed by atoms with Gasteiger partial charge in [-0.15, -0.1) is 0 Å². The summed E-state index contributed by atoms with van der Waals surface area (Å²) in [6.07, 6.45) is 0. The Kier molecular flexibility index (Phi) is 5.61. The number of para-hydroxylation sites is 2. The van der Waals surface area contributed by atoms with Crippen molar-refractivity contribution in [2.75, 3.05) is 0 Å². The Morgan fingerprint density at radius 1 is 0.417 bits per heavy atom. The summed E-state index contributed by atoms with van der Waals surface area (Å²) in [5.41, 5.74) is 7.11. The highest BCUT2D eigenvalue weighted by atomic mass is 15.1. The summed E-state index contributed by atoms with van der Waals surface area (Å²) in [4.78, 5) is 5.51. The van der Waals surface area contributed by atoms with Crippen molar-refractivity contribution in [3.63, 3.8) is 0 Å². The summed E-state index contributed by atoms with van der Waals surface area (Å²) in [6.45, 7) is 0. The van der Waals surface area contributed by atoms with Crippen molar-refractivity contribution in [2.24, 2.45) is 0 Å². The Hall–Kier alpha value is -6.70. The maximum Gasteiger partial charge on any atom is 0.140 e. The van der Waals surface area contributed by atoms with Gasteiger partial charge in [-0.3, -0.25) is 9.13 Å². The molecule has 0 saturated carbocycles. The molecule has 0 aliphatic carbocycles. The Balaban J connectivity index is 1.34. The number of rotatable bonds is 3. The molecule has 3 heterocycles. The van der Waals surface area contributed by atoms with Crippen LogP contribution in [0.2, 0.25) is 0 Å². The van der Waals surface area contributed by atoms with E-state index in [9.17, 15) is 5.26 Å². The van der Waals surface area contributed by atoms with Gasteiger partial charge >= 0.3 is 0 Å². The zero-order valence-corrected chi connectivity index (χ0v) is 25.8. The van der Waals surface area contributed by atoms with Crippen LogP contribution in [0, 0.1) is 11.3 Å². The second-order valence-electron chi connectivity index (χ2n) is 12.3. The minimum absolute atomic E-state index is 0.636. The average Bonchev–Trinajstić information content (AvgIpc) is 3.68. The van der Waals surface area contributed by atoms with Crippen LogP contribution in [0.5, 0.6) is 0 Å². The van der Waals surface area contributed by atoms with Crippen LogP contribution in [-0.4, -0.2) is 14.1 Å². The van der Waals surface area contributed by atoms with Crippen molar-refractivity contribution < 1.29 is 0 Å². The largest absolute Gasteiger partial charge is 0.294 e. The van der Waals surface area contributed by atoms with Crippen molar-refractivity contribution in [3.05, 3.63) is 163 Å². The van der Waals surface area contributed by atoms with Crippen LogP contribution >= 0.6 is 0 Å². The van der Waals surface area contributed by atoms with E-state index in [0.717, 1.165) is 44.8 Å². The molecule has 10 aromatic rings. The molecule has 0 N–H and O–H groups in total. The third kappa shape index (κ3) is 3.79. The fraction of sp³-hybridized carbons (Fsp3) is 0. The zero-order valence-electron chi connectivity index (χ0n) is 25.8. The third-order valence-electron chi connectivity index (χ3n) is 9.73. The van der Waals surface area contributed by atoms with Gasteiger partial charge in [-0.25, -0.2) is 4.98 Å². The van der Waals surface area contributed by atoms with E-state index in [1.807, 2.05) is 24.3 Å². The average molecular weight is 611 g/mol. The molecule has 0 aliphatic heterocycles. The highest BCUT2D eigenvalue weighted by molar-refractivity contribution is 6.22. The highest BCUT2D eigenvalue weighted by Crippen LogP contribution is 2.40. The lowest BCUT2D eigenvalue weighted by Gasteiger charge is -2.15. The smallest absolute Gasteiger partial charge is 0.140 e. The van der Waals surface area contributed by atoms with Gasteiger partial charge in [0.2, 0.25) is 0 Å². The molecule has 3 aromatic heterocycles. The van der Waals surface area contributed by atoms with Gasteiger partial charge in [-0.1, -0.05) is 109 Å². The number of hydrogen-bond donors (Lipinski definition) is 0. The molecule has 4 nitrogen and oxygen atoms in total. The third-order valence-corrected chi connectivity index (χ3v) is 9.73. The van der Waals surface area contributed by atoms with Crippen LogP contribution in [0.15, 0.2) is 158 Å². The van der Waals surface area contributed by atoms with Crippen molar-refractivity contribution in [2.45, 2.75) is 0 Å². The first-order chi connectivity index (χ1) is 23.8. The van der Waals surface area contributed by atoms with Gasteiger partial charge in [0.05, 0.1) is 33.7 Å². The van der Waals surface area contributed by atoms with Gasteiger partial charge < -0.3 is 0 Å². The van der Waals surface area contributed by atoms with Crippen LogP contribution < -0.4 is 0 Å². The Morgan fingerprint density at radius 2 is 0.875 bits per heavy atom. The monoisotopic (exact) mass is 610 g/mol. The second-order valence-corrected chi connectivity index (χ2v) is 12.3. The number of aromatic nitrogens is 3. The molecule has 0 fully saturated rings. The summed E-state index contributed by atoms with van der Waals surface area (Å²) >= 11 is 0. The van der Waals surface area contributed by atoms with Crippen LogP contribution in [0.4, 0.5) is 0 Å². The Morgan fingerprint density at radius 3 is 1.38 bits per heavy atom. The molecule has 7 aromatic carbocycles. The lowest BCUT2D eigenvalue weighted by molar-refractivity contribution is 1.01. The Bertz CT molecular complexity index is 2780. The fourth-order valence-corrected chi connectivity index (χ4v) is 7.61. The topological polar surface area (TPSA) is 46.5 Å². The lowest BCUT2D eigenvalue weighted by atomic mass is 10.0. The fourth-order valence-electron chi connectivity index (χ4n) is 7.61. The van der Waals surface area contributed by atoms with Gasteiger partial charge in [0.25, 0.3) is 0 Å². The minimum atomic E-state index is 0.636. The van der Waals surface area contributed by atoms with E-state index in [4.69, 9.17) is 4.98 Å². The normalized spacial score (nSPS) is 11.7. The molecular formula is C44H26N4. The highest BCUT2D eigenvalue weighted by Gasteiger charge is 2.20. The van der Waals surface area contributed by atoms with E-state index in [0.29, 0.717) is 5.56 Å². The minimum Gasteiger partial charge on any atom is -0.294 e.